The topological polar surface area (TPSA) is 53.1 Å². The highest BCUT2D eigenvalue weighted by molar-refractivity contribution is 8.08. The predicted octanol–water partition coefficient (Wildman–Crippen LogP) is 2.44. The van der Waals surface area contributed by atoms with Crippen molar-refractivity contribution in [2.75, 3.05) is 0 Å². The average molecular weight is 207 g/mol. The van der Waals surface area contributed by atoms with Gasteiger partial charge in [-0.05, 0) is 11.6 Å². The second-order valence-corrected chi connectivity index (χ2v) is 3.64. The summed E-state index contributed by atoms with van der Waals surface area (Å²) in [5, 5.41) is 0.796. The van der Waals surface area contributed by atoms with Crippen molar-refractivity contribution in [2.45, 2.75) is 6.42 Å². The third-order valence-electron chi connectivity index (χ3n) is 2.11. The van der Waals surface area contributed by atoms with Gasteiger partial charge in [0.1, 0.15) is 0 Å². The van der Waals surface area contributed by atoms with Crippen LogP contribution in [0.3, 0.4) is 0 Å². The first kappa shape index (κ1) is 9.30. The van der Waals surface area contributed by atoms with E-state index in [4.69, 9.17) is 4.55 Å². The van der Waals surface area contributed by atoms with Crippen molar-refractivity contribution in [3.05, 3.63) is 36.0 Å². The van der Waals surface area contributed by atoms with Gasteiger partial charge in [0.05, 0.1) is 12.0 Å². The van der Waals surface area contributed by atoms with Crippen molar-refractivity contribution < 1.29 is 9.35 Å². The van der Waals surface area contributed by atoms with E-state index in [1.807, 2.05) is 24.3 Å². The minimum absolute atomic E-state index is 0.241. The van der Waals surface area contributed by atoms with Crippen LogP contribution in [0.4, 0.5) is 0 Å². The van der Waals surface area contributed by atoms with Gasteiger partial charge < -0.3 is 9.54 Å². The van der Waals surface area contributed by atoms with Gasteiger partial charge in [-0.3, -0.25) is 4.79 Å². The number of hydrogen-bond acceptors (Lipinski definition) is 3. The first-order chi connectivity index (χ1) is 6.81. The molecule has 0 saturated heterocycles. The van der Waals surface area contributed by atoms with Gasteiger partial charge in [-0.2, -0.15) is 0 Å². The molecule has 1 aromatic heterocycles. The lowest BCUT2D eigenvalue weighted by molar-refractivity contribution is -0.110. The SMILES string of the molecule is O=C(Cc1c[nH]c2ccccc12)SO. The first-order valence-corrected chi connectivity index (χ1v) is 4.98. The number of hydrogen-bond donors (Lipinski definition) is 2. The number of carbonyl (C=O) groups is 1. The van der Waals surface area contributed by atoms with Gasteiger partial charge in [-0.15, -0.1) is 0 Å². The maximum atomic E-state index is 11.0. The molecule has 0 aliphatic heterocycles. The number of aromatic nitrogens is 1. The van der Waals surface area contributed by atoms with Crippen LogP contribution >= 0.6 is 12.0 Å². The molecule has 0 amide bonds. The summed E-state index contributed by atoms with van der Waals surface area (Å²) in [5.41, 5.74) is 1.94. The lowest BCUT2D eigenvalue weighted by Crippen LogP contribution is -1.95. The Kier molecular flexibility index (Phi) is 2.56. The van der Waals surface area contributed by atoms with Crippen LogP contribution < -0.4 is 0 Å². The van der Waals surface area contributed by atoms with Crippen LogP contribution in [0, 0.1) is 0 Å². The summed E-state index contributed by atoms with van der Waals surface area (Å²) in [7, 11) is 0. The number of benzene rings is 1. The maximum Gasteiger partial charge on any atom is 0.219 e. The average Bonchev–Trinajstić information content (AvgIpc) is 2.62. The lowest BCUT2D eigenvalue weighted by Gasteiger charge is -1.94. The van der Waals surface area contributed by atoms with Gasteiger partial charge in [-0.25, -0.2) is 0 Å². The molecule has 14 heavy (non-hydrogen) atoms. The molecule has 1 heterocycles. The number of para-hydroxylation sites is 1. The Morgan fingerprint density at radius 3 is 3.00 bits per heavy atom. The van der Waals surface area contributed by atoms with Crippen LogP contribution in [0.2, 0.25) is 0 Å². The van der Waals surface area contributed by atoms with Crippen LogP contribution in [-0.2, 0) is 11.2 Å². The molecule has 0 aliphatic carbocycles. The zero-order chi connectivity index (χ0) is 9.97. The Morgan fingerprint density at radius 2 is 2.21 bits per heavy atom. The fourth-order valence-corrected chi connectivity index (χ4v) is 1.69. The molecule has 2 aromatic rings. The van der Waals surface area contributed by atoms with Gasteiger partial charge in [0.15, 0.2) is 0 Å². The number of fused-ring (bicyclic) bond motifs is 1. The Labute approximate surface area is 85.3 Å². The van der Waals surface area contributed by atoms with E-state index in [0.29, 0.717) is 0 Å². The minimum Gasteiger partial charge on any atom is -0.361 e. The molecule has 0 saturated carbocycles. The largest absolute Gasteiger partial charge is 0.361 e. The smallest absolute Gasteiger partial charge is 0.219 e. The third kappa shape index (κ3) is 1.66. The van der Waals surface area contributed by atoms with Crippen LogP contribution in [0.5, 0.6) is 0 Å². The molecule has 0 fully saturated rings. The van der Waals surface area contributed by atoms with Crippen molar-refractivity contribution in [1.29, 1.82) is 0 Å². The van der Waals surface area contributed by atoms with Crippen LogP contribution in [0.1, 0.15) is 5.56 Å². The number of aromatic amines is 1. The fraction of sp³-hybridized carbons (Fsp3) is 0.100. The molecular formula is C10H9NO2S. The molecule has 0 aliphatic rings. The predicted molar refractivity (Wildman–Crippen MR) is 57.2 cm³/mol. The van der Waals surface area contributed by atoms with Crippen LogP contribution in [0.15, 0.2) is 30.5 Å². The summed E-state index contributed by atoms with van der Waals surface area (Å²) < 4.78 is 8.56. The summed E-state index contributed by atoms with van der Waals surface area (Å²) >= 11 is 0.279. The van der Waals surface area contributed by atoms with E-state index in [0.717, 1.165) is 16.5 Å². The summed E-state index contributed by atoms with van der Waals surface area (Å²) in [5.74, 6) is 0. The molecule has 2 rings (SSSR count). The van der Waals surface area contributed by atoms with E-state index in [2.05, 4.69) is 4.98 Å². The Hall–Kier alpha value is -1.26. The Balaban J connectivity index is 2.38. The Morgan fingerprint density at radius 1 is 1.43 bits per heavy atom. The summed E-state index contributed by atoms with van der Waals surface area (Å²) in [6.07, 6.45) is 2.06. The third-order valence-corrected chi connectivity index (χ3v) is 2.46. The molecule has 0 spiro atoms. The van der Waals surface area contributed by atoms with Crippen molar-refractivity contribution in [3.8, 4) is 0 Å². The van der Waals surface area contributed by atoms with E-state index in [9.17, 15) is 4.79 Å². The highest BCUT2D eigenvalue weighted by Gasteiger charge is 2.07. The minimum atomic E-state index is -0.241. The zero-order valence-electron chi connectivity index (χ0n) is 7.36. The van der Waals surface area contributed by atoms with Crippen molar-refractivity contribution >= 4 is 28.1 Å². The normalized spacial score (nSPS) is 10.6. The number of nitrogens with one attached hydrogen (secondary N) is 1. The molecule has 4 heteroatoms. The second kappa shape index (κ2) is 3.86. The zero-order valence-corrected chi connectivity index (χ0v) is 8.17. The van der Waals surface area contributed by atoms with Crippen molar-refractivity contribution in [1.82, 2.24) is 4.98 Å². The van der Waals surface area contributed by atoms with Gasteiger partial charge in [0.25, 0.3) is 0 Å². The number of H-pyrrole nitrogens is 1. The summed E-state index contributed by atoms with van der Waals surface area (Å²) in [6, 6.07) is 7.77. The quantitative estimate of drug-likeness (QED) is 0.744. The fourth-order valence-electron chi connectivity index (χ4n) is 1.47. The van der Waals surface area contributed by atoms with E-state index < -0.39 is 0 Å². The van der Waals surface area contributed by atoms with Gasteiger partial charge in [-0.1, -0.05) is 18.2 Å². The van der Waals surface area contributed by atoms with E-state index in [-0.39, 0.29) is 23.6 Å². The summed E-state index contributed by atoms with van der Waals surface area (Å²) in [6.45, 7) is 0. The summed E-state index contributed by atoms with van der Waals surface area (Å²) in [4.78, 5) is 14.1. The highest BCUT2D eigenvalue weighted by Crippen LogP contribution is 2.19. The molecule has 0 bridgehead atoms. The first-order valence-electron chi connectivity index (χ1n) is 4.20. The van der Waals surface area contributed by atoms with Crippen molar-refractivity contribution in [3.63, 3.8) is 0 Å². The van der Waals surface area contributed by atoms with E-state index >= 15 is 0 Å². The highest BCUT2D eigenvalue weighted by atomic mass is 32.2. The molecule has 0 atom stereocenters. The molecular weight excluding hydrogens is 198 g/mol. The molecule has 0 unspecified atom stereocenters. The monoisotopic (exact) mass is 207 g/mol. The molecule has 2 N–H and O–H groups in total. The van der Waals surface area contributed by atoms with Gasteiger partial charge in [0, 0.05) is 23.5 Å². The van der Waals surface area contributed by atoms with E-state index in [1.165, 1.54) is 0 Å². The standard InChI is InChI=1S/C10H9NO2S/c12-10(14-13)5-7-6-11-9-4-2-1-3-8(7)9/h1-4,6,11,13H,5H2. The second-order valence-electron chi connectivity index (χ2n) is 3.00. The van der Waals surface area contributed by atoms with Crippen LogP contribution in [0.25, 0.3) is 10.9 Å². The van der Waals surface area contributed by atoms with Gasteiger partial charge >= 0.3 is 0 Å². The number of rotatable bonds is 2. The molecule has 0 radical (unpaired) electrons. The van der Waals surface area contributed by atoms with Gasteiger partial charge in [0.2, 0.25) is 5.12 Å². The van der Waals surface area contributed by atoms with E-state index in [1.54, 1.807) is 6.20 Å². The maximum absolute atomic E-state index is 11.0. The number of carbonyl (C=O) groups excluding carboxylic acids is 1. The van der Waals surface area contributed by atoms with Crippen molar-refractivity contribution in [2.24, 2.45) is 0 Å². The molecule has 72 valence electrons. The van der Waals surface area contributed by atoms with Crippen LogP contribution in [-0.4, -0.2) is 14.7 Å². The lowest BCUT2D eigenvalue weighted by atomic mass is 10.1. The molecule has 1 aromatic carbocycles. The molecule has 3 nitrogen and oxygen atoms in total. The Bertz CT molecular complexity index is 464.